The molecule has 0 fully saturated rings. The van der Waals surface area contributed by atoms with Crippen molar-refractivity contribution in [2.75, 3.05) is 18.6 Å². The molecule has 0 heterocycles. The number of sulfonamides is 1. The number of carboxylic acid groups (broad SMARTS) is 1. The molecule has 0 spiro atoms. The van der Waals surface area contributed by atoms with Gasteiger partial charge in [-0.2, -0.15) is 11.8 Å². The largest absolute Gasteiger partial charge is 0.478 e. The first-order valence-electron chi connectivity index (χ1n) is 5.90. The van der Waals surface area contributed by atoms with Crippen LogP contribution in [0.5, 0.6) is 0 Å². The van der Waals surface area contributed by atoms with Gasteiger partial charge < -0.3 is 5.11 Å². The molecule has 1 aromatic carbocycles. The van der Waals surface area contributed by atoms with Crippen molar-refractivity contribution < 1.29 is 22.7 Å². The summed E-state index contributed by atoms with van der Waals surface area (Å²) < 4.78 is 40.0. The van der Waals surface area contributed by atoms with Gasteiger partial charge in [0.15, 0.2) is 0 Å². The lowest BCUT2D eigenvalue weighted by Crippen LogP contribution is -2.29. The van der Waals surface area contributed by atoms with Crippen molar-refractivity contribution in [2.45, 2.75) is 11.8 Å². The Morgan fingerprint density at radius 1 is 1.52 bits per heavy atom. The molecule has 0 saturated heterocycles. The number of nitrogens with one attached hydrogen (secondary N) is 1. The van der Waals surface area contributed by atoms with E-state index in [1.807, 2.05) is 13.2 Å². The molecule has 2 N–H and O–H groups in total. The molecule has 0 saturated carbocycles. The molecule has 0 aliphatic rings. The number of hydrogen-bond acceptors (Lipinski definition) is 4. The van der Waals surface area contributed by atoms with E-state index in [0.717, 1.165) is 11.8 Å². The SMILES string of the molecule is CSCC(C)CNS(=O)(=O)c1cc(F)c(Cl)c(C(=O)O)c1. The van der Waals surface area contributed by atoms with Crippen LogP contribution in [-0.4, -0.2) is 38.0 Å². The molecule has 0 aliphatic carbocycles. The van der Waals surface area contributed by atoms with Crippen molar-refractivity contribution in [1.29, 1.82) is 0 Å². The Kier molecular flexibility index (Phi) is 6.45. The number of benzene rings is 1. The predicted molar refractivity (Wildman–Crippen MR) is 81.1 cm³/mol. The number of aromatic carboxylic acids is 1. The van der Waals surface area contributed by atoms with Crippen LogP contribution in [0.3, 0.4) is 0 Å². The van der Waals surface area contributed by atoms with E-state index in [1.54, 1.807) is 11.8 Å². The summed E-state index contributed by atoms with van der Waals surface area (Å²) in [4.78, 5) is 10.5. The van der Waals surface area contributed by atoms with E-state index >= 15 is 0 Å². The van der Waals surface area contributed by atoms with Gasteiger partial charge in [-0.3, -0.25) is 0 Å². The quantitative estimate of drug-likeness (QED) is 0.785. The highest BCUT2D eigenvalue weighted by Crippen LogP contribution is 2.24. The minimum absolute atomic E-state index is 0.0888. The fraction of sp³-hybridized carbons (Fsp3) is 0.417. The third kappa shape index (κ3) is 4.84. The smallest absolute Gasteiger partial charge is 0.337 e. The minimum Gasteiger partial charge on any atom is -0.478 e. The van der Waals surface area contributed by atoms with Crippen molar-refractivity contribution in [3.8, 4) is 0 Å². The monoisotopic (exact) mass is 355 g/mol. The molecule has 1 unspecified atom stereocenters. The third-order valence-corrected chi connectivity index (χ3v) is 5.30. The number of thioether (sulfide) groups is 1. The highest BCUT2D eigenvalue weighted by atomic mass is 35.5. The standard InChI is InChI=1S/C12H15ClFNO4S2/c1-7(6-20-2)5-15-21(18,19)8-3-9(12(16)17)11(13)10(14)4-8/h3-4,7,15H,5-6H2,1-2H3,(H,16,17). The fourth-order valence-corrected chi connectivity index (χ4v) is 3.63. The van der Waals surface area contributed by atoms with E-state index in [4.69, 9.17) is 16.7 Å². The lowest BCUT2D eigenvalue weighted by Gasteiger charge is -2.12. The first kappa shape index (κ1) is 18.2. The van der Waals surface area contributed by atoms with Crippen LogP contribution in [0.1, 0.15) is 17.3 Å². The summed E-state index contributed by atoms with van der Waals surface area (Å²) in [6.45, 7) is 2.04. The molecule has 0 aliphatic heterocycles. The van der Waals surface area contributed by atoms with Crippen LogP contribution in [0.2, 0.25) is 5.02 Å². The molecule has 0 bridgehead atoms. The lowest BCUT2D eigenvalue weighted by molar-refractivity contribution is 0.0696. The van der Waals surface area contributed by atoms with E-state index < -0.39 is 37.3 Å². The molecule has 0 aromatic heterocycles. The van der Waals surface area contributed by atoms with Gasteiger partial charge in [-0.15, -0.1) is 0 Å². The van der Waals surface area contributed by atoms with Crippen molar-refractivity contribution in [3.63, 3.8) is 0 Å². The molecular weight excluding hydrogens is 341 g/mol. The Balaban J connectivity index is 3.06. The number of rotatable bonds is 7. The maximum atomic E-state index is 13.6. The summed E-state index contributed by atoms with van der Waals surface area (Å²) in [5.41, 5.74) is -0.589. The average Bonchev–Trinajstić information content (AvgIpc) is 2.39. The number of hydrogen-bond donors (Lipinski definition) is 2. The molecule has 118 valence electrons. The molecule has 9 heteroatoms. The van der Waals surface area contributed by atoms with Gasteiger partial charge in [0.05, 0.1) is 15.5 Å². The van der Waals surface area contributed by atoms with Crippen LogP contribution in [0.25, 0.3) is 0 Å². The van der Waals surface area contributed by atoms with E-state index in [-0.39, 0.29) is 12.5 Å². The molecular formula is C12H15ClFNO4S2. The van der Waals surface area contributed by atoms with Crippen molar-refractivity contribution in [1.82, 2.24) is 4.72 Å². The van der Waals surface area contributed by atoms with E-state index in [0.29, 0.717) is 6.07 Å². The normalized spacial score (nSPS) is 13.1. The number of carboxylic acids is 1. The first-order valence-corrected chi connectivity index (χ1v) is 9.15. The zero-order valence-electron chi connectivity index (χ0n) is 11.4. The van der Waals surface area contributed by atoms with Gasteiger partial charge in [-0.05, 0) is 30.1 Å². The third-order valence-electron chi connectivity index (χ3n) is 2.62. The van der Waals surface area contributed by atoms with Crippen LogP contribution >= 0.6 is 23.4 Å². The first-order chi connectivity index (χ1) is 9.69. The molecule has 21 heavy (non-hydrogen) atoms. The van der Waals surface area contributed by atoms with Gasteiger partial charge >= 0.3 is 5.97 Å². The second kappa shape index (κ2) is 7.44. The maximum absolute atomic E-state index is 13.6. The zero-order valence-corrected chi connectivity index (χ0v) is 13.8. The Morgan fingerprint density at radius 2 is 2.14 bits per heavy atom. The average molecular weight is 356 g/mol. The van der Waals surface area contributed by atoms with Crippen molar-refractivity contribution in [3.05, 3.63) is 28.5 Å². The summed E-state index contributed by atoms with van der Waals surface area (Å²) in [6.07, 6.45) is 1.90. The predicted octanol–water partition coefficient (Wildman–Crippen LogP) is 2.45. The highest BCUT2D eigenvalue weighted by Gasteiger charge is 2.22. The van der Waals surface area contributed by atoms with Gasteiger partial charge in [0.2, 0.25) is 10.0 Å². The Morgan fingerprint density at radius 3 is 2.67 bits per heavy atom. The van der Waals surface area contributed by atoms with Crippen LogP contribution < -0.4 is 4.72 Å². The van der Waals surface area contributed by atoms with Crippen LogP contribution in [0.15, 0.2) is 17.0 Å². The van der Waals surface area contributed by atoms with Gasteiger partial charge in [0, 0.05) is 6.54 Å². The van der Waals surface area contributed by atoms with Crippen LogP contribution in [0.4, 0.5) is 4.39 Å². The number of halogens is 2. The Hall–Kier alpha value is -0.830. The Bertz CT molecular complexity index is 636. The van der Waals surface area contributed by atoms with Gasteiger partial charge in [0.25, 0.3) is 0 Å². The molecule has 1 rings (SSSR count). The van der Waals surface area contributed by atoms with Crippen LogP contribution in [0, 0.1) is 11.7 Å². The van der Waals surface area contributed by atoms with Gasteiger partial charge in [0.1, 0.15) is 5.82 Å². The summed E-state index contributed by atoms with van der Waals surface area (Å²) in [6, 6.07) is 1.55. The molecule has 0 amide bonds. The minimum atomic E-state index is -3.99. The zero-order chi connectivity index (χ0) is 16.2. The van der Waals surface area contributed by atoms with Crippen molar-refractivity contribution in [2.24, 2.45) is 5.92 Å². The maximum Gasteiger partial charge on any atom is 0.337 e. The molecule has 0 radical (unpaired) electrons. The topological polar surface area (TPSA) is 83.5 Å². The summed E-state index contributed by atoms with van der Waals surface area (Å²) in [7, 11) is -3.99. The summed E-state index contributed by atoms with van der Waals surface area (Å²) in [5.74, 6) is -1.73. The highest BCUT2D eigenvalue weighted by molar-refractivity contribution is 7.98. The lowest BCUT2D eigenvalue weighted by atomic mass is 10.2. The molecule has 1 atom stereocenters. The van der Waals surface area contributed by atoms with E-state index in [1.165, 1.54) is 0 Å². The van der Waals surface area contributed by atoms with Gasteiger partial charge in [-0.25, -0.2) is 22.3 Å². The second-order valence-corrected chi connectivity index (χ2v) is 7.54. The fourth-order valence-electron chi connectivity index (χ4n) is 1.55. The summed E-state index contributed by atoms with van der Waals surface area (Å²) >= 11 is 7.08. The molecule has 1 aromatic rings. The van der Waals surface area contributed by atoms with Gasteiger partial charge in [-0.1, -0.05) is 18.5 Å². The summed E-state index contributed by atoms with van der Waals surface area (Å²) in [5, 5.41) is 8.29. The van der Waals surface area contributed by atoms with Crippen LogP contribution in [-0.2, 0) is 10.0 Å². The second-order valence-electron chi connectivity index (χ2n) is 4.48. The van der Waals surface area contributed by atoms with Crippen molar-refractivity contribution >= 4 is 39.4 Å². The number of carbonyl (C=O) groups is 1. The molecule has 5 nitrogen and oxygen atoms in total. The van der Waals surface area contributed by atoms with E-state index in [9.17, 15) is 17.6 Å². The van der Waals surface area contributed by atoms with E-state index in [2.05, 4.69) is 4.72 Å². The Labute approximate surface area is 131 Å².